The van der Waals surface area contributed by atoms with Gasteiger partial charge in [-0.25, -0.2) is 9.37 Å². The van der Waals surface area contributed by atoms with Crippen LogP contribution in [0.3, 0.4) is 0 Å². The van der Waals surface area contributed by atoms with Crippen molar-refractivity contribution in [2.45, 2.75) is 30.2 Å². The summed E-state index contributed by atoms with van der Waals surface area (Å²) in [5, 5.41) is 0. The van der Waals surface area contributed by atoms with Crippen molar-refractivity contribution in [2.24, 2.45) is 0 Å². The van der Waals surface area contributed by atoms with Crippen LogP contribution in [0, 0.1) is 6.92 Å². The Hall–Kier alpha value is -1.31. The number of likely N-dealkylation sites (N-methyl/N-ethyl adjacent to an activating group) is 1. The average molecular weight is 349 g/mol. The molecule has 2 aliphatic rings. The molecule has 4 rings (SSSR count). The van der Waals surface area contributed by atoms with Gasteiger partial charge in [-0.05, 0) is 44.8 Å². The first-order chi connectivity index (χ1) is 11.6. The number of aryl methyl sites for hydroxylation is 1. The van der Waals surface area contributed by atoms with Crippen LogP contribution in [-0.2, 0) is 0 Å². The first-order valence-corrected chi connectivity index (χ1v) is 9.33. The molecule has 0 amide bonds. The molecule has 2 aromatic heterocycles. The van der Waals surface area contributed by atoms with Gasteiger partial charge in [0.1, 0.15) is 6.67 Å². The molecule has 5 nitrogen and oxygen atoms in total. The number of alkyl halides is 1. The molecule has 0 atom stereocenters. The predicted octanol–water partition coefficient (Wildman–Crippen LogP) is 2.49. The van der Waals surface area contributed by atoms with Gasteiger partial charge in [0.2, 0.25) is 0 Å². The molecular weight excluding hydrogens is 325 g/mol. The van der Waals surface area contributed by atoms with Gasteiger partial charge >= 0.3 is 0 Å². The SMILES string of the molecule is Cc1cnc2c(N3CCN(C)CC3)cc(SNC3(CF)CC3)cn12. The summed E-state index contributed by atoms with van der Waals surface area (Å²) in [7, 11) is 2.16. The van der Waals surface area contributed by atoms with E-state index in [9.17, 15) is 4.39 Å². The number of imidazole rings is 1. The van der Waals surface area contributed by atoms with Crippen LogP contribution in [0.5, 0.6) is 0 Å². The zero-order valence-corrected chi connectivity index (χ0v) is 15.1. The quantitative estimate of drug-likeness (QED) is 0.839. The second-order valence-electron chi connectivity index (χ2n) is 7.06. The molecular formula is C17H24FN5S. The number of rotatable bonds is 5. The van der Waals surface area contributed by atoms with Gasteiger partial charge in [0, 0.05) is 49.2 Å². The Bertz CT molecular complexity index is 734. The minimum absolute atomic E-state index is 0.294. The number of fused-ring (bicyclic) bond motifs is 1. The van der Waals surface area contributed by atoms with E-state index >= 15 is 0 Å². The van der Waals surface area contributed by atoms with Gasteiger partial charge in [-0.2, -0.15) is 0 Å². The largest absolute Gasteiger partial charge is 0.366 e. The fourth-order valence-electron chi connectivity index (χ4n) is 3.08. The lowest BCUT2D eigenvalue weighted by Gasteiger charge is -2.34. The summed E-state index contributed by atoms with van der Waals surface area (Å²) in [6, 6.07) is 2.19. The van der Waals surface area contributed by atoms with E-state index in [1.165, 1.54) is 5.69 Å². The Balaban J connectivity index is 1.64. The number of hydrogen-bond donors (Lipinski definition) is 1. The van der Waals surface area contributed by atoms with Crippen LogP contribution in [0.2, 0.25) is 0 Å². The Morgan fingerprint density at radius 1 is 1.29 bits per heavy atom. The monoisotopic (exact) mass is 349 g/mol. The highest BCUT2D eigenvalue weighted by atomic mass is 32.2. The number of halogens is 1. The lowest BCUT2D eigenvalue weighted by molar-refractivity contribution is 0.313. The Labute approximate surface area is 146 Å². The number of aromatic nitrogens is 2. The normalized spacial score (nSPS) is 20.7. The Kier molecular flexibility index (Phi) is 4.18. The highest BCUT2D eigenvalue weighted by molar-refractivity contribution is 7.97. The van der Waals surface area contributed by atoms with E-state index in [1.807, 2.05) is 6.20 Å². The molecule has 0 aromatic carbocycles. The zero-order valence-electron chi connectivity index (χ0n) is 14.3. The van der Waals surface area contributed by atoms with Gasteiger partial charge in [0.25, 0.3) is 0 Å². The van der Waals surface area contributed by atoms with E-state index in [0.29, 0.717) is 0 Å². The third-order valence-electron chi connectivity index (χ3n) is 5.08. The summed E-state index contributed by atoms with van der Waals surface area (Å²) in [4.78, 5) is 10.5. The smallest absolute Gasteiger partial charge is 0.160 e. The first-order valence-electron chi connectivity index (χ1n) is 8.51. The molecule has 2 aromatic rings. The van der Waals surface area contributed by atoms with Crippen molar-refractivity contribution in [3.05, 3.63) is 24.2 Å². The highest BCUT2D eigenvalue weighted by Gasteiger charge is 2.42. The standard InChI is InChI=1S/C17H24FN5S/c1-13-10-19-16-15(22-7-5-21(2)6-8-22)9-14(11-23(13)16)24-20-17(12-18)3-4-17/h9-11,20H,3-8,12H2,1-2H3. The number of pyridine rings is 1. The van der Waals surface area contributed by atoms with Gasteiger partial charge in [0.15, 0.2) is 5.65 Å². The number of piperazine rings is 1. The van der Waals surface area contributed by atoms with Crippen LogP contribution < -0.4 is 9.62 Å². The van der Waals surface area contributed by atoms with Crippen LogP contribution in [0.15, 0.2) is 23.4 Å². The van der Waals surface area contributed by atoms with Crippen molar-refractivity contribution in [3.63, 3.8) is 0 Å². The number of nitrogens with one attached hydrogen (secondary N) is 1. The number of nitrogens with zero attached hydrogens (tertiary/aromatic N) is 4. The Morgan fingerprint density at radius 2 is 2.04 bits per heavy atom. The molecule has 3 heterocycles. The summed E-state index contributed by atoms with van der Waals surface area (Å²) >= 11 is 1.54. The lowest BCUT2D eigenvalue weighted by Crippen LogP contribution is -2.44. The summed E-state index contributed by atoms with van der Waals surface area (Å²) in [6.07, 6.45) is 5.87. The maximum atomic E-state index is 13.1. The van der Waals surface area contributed by atoms with Gasteiger partial charge in [-0.3, -0.25) is 4.72 Å². The van der Waals surface area contributed by atoms with Crippen molar-refractivity contribution in [1.82, 2.24) is 19.0 Å². The summed E-state index contributed by atoms with van der Waals surface area (Å²) in [5.41, 5.74) is 3.01. The second-order valence-corrected chi connectivity index (χ2v) is 7.94. The van der Waals surface area contributed by atoms with Crippen molar-refractivity contribution >= 4 is 23.3 Å². The summed E-state index contributed by atoms with van der Waals surface area (Å²) < 4.78 is 18.6. The maximum absolute atomic E-state index is 13.1. The van der Waals surface area contributed by atoms with Crippen molar-refractivity contribution < 1.29 is 4.39 Å². The average Bonchev–Trinajstić information content (AvgIpc) is 3.30. The molecule has 0 radical (unpaired) electrons. The molecule has 1 saturated carbocycles. The van der Waals surface area contributed by atoms with E-state index in [0.717, 1.165) is 55.3 Å². The molecule has 1 N–H and O–H groups in total. The molecule has 130 valence electrons. The van der Waals surface area contributed by atoms with Gasteiger partial charge < -0.3 is 14.2 Å². The zero-order chi connectivity index (χ0) is 16.7. The minimum atomic E-state index is -0.294. The molecule has 1 aliphatic heterocycles. The number of anilines is 1. The second kappa shape index (κ2) is 6.20. The molecule has 1 aliphatic carbocycles. The third kappa shape index (κ3) is 3.00. The predicted molar refractivity (Wildman–Crippen MR) is 96.6 cm³/mol. The molecule has 0 unspecified atom stereocenters. The first kappa shape index (κ1) is 16.2. The molecule has 24 heavy (non-hydrogen) atoms. The van der Waals surface area contributed by atoms with Crippen LogP contribution >= 0.6 is 11.9 Å². The highest BCUT2D eigenvalue weighted by Crippen LogP contribution is 2.39. The van der Waals surface area contributed by atoms with E-state index in [1.54, 1.807) is 11.9 Å². The fourth-order valence-corrected chi connectivity index (χ4v) is 4.00. The van der Waals surface area contributed by atoms with Crippen molar-refractivity contribution in [2.75, 3.05) is 44.8 Å². The van der Waals surface area contributed by atoms with Crippen LogP contribution in [0.25, 0.3) is 5.65 Å². The topological polar surface area (TPSA) is 35.8 Å². The number of hydrogen-bond acceptors (Lipinski definition) is 5. The van der Waals surface area contributed by atoms with Crippen LogP contribution in [0.4, 0.5) is 10.1 Å². The molecule has 0 spiro atoms. The molecule has 1 saturated heterocycles. The van der Waals surface area contributed by atoms with Crippen LogP contribution in [-0.4, -0.2) is 59.7 Å². The third-order valence-corrected chi connectivity index (χ3v) is 6.08. The minimum Gasteiger partial charge on any atom is -0.366 e. The molecule has 7 heteroatoms. The lowest BCUT2D eigenvalue weighted by atomic mass is 10.2. The van der Waals surface area contributed by atoms with E-state index in [2.05, 4.69) is 50.1 Å². The summed E-state index contributed by atoms with van der Waals surface area (Å²) in [6.45, 7) is 5.91. The van der Waals surface area contributed by atoms with E-state index in [4.69, 9.17) is 0 Å². The summed E-state index contributed by atoms with van der Waals surface area (Å²) in [5.74, 6) is 0. The van der Waals surface area contributed by atoms with E-state index < -0.39 is 0 Å². The molecule has 0 bridgehead atoms. The van der Waals surface area contributed by atoms with Crippen molar-refractivity contribution in [3.8, 4) is 0 Å². The Morgan fingerprint density at radius 3 is 2.71 bits per heavy atom. The van der Waals surface area contributed by atoms with Crippen LogP contribution in [0.1, 0.15) is 18.5 Å². The van der Waals surface area contributed by atoms with Gasteiger partial charge in [-0.1, -0.05) is 0 Å². The van der Waals surface area contributed by atoms with E-state index in [-0.39, 0.29) is 12.2 Å². The molecule has 2 fully saturated rings. The van der Waals surface area contributed by atoms with Gasteiger partial charge in [0.05, 0.1) is 11.2 Å². The maximum Gasteiger partial charge on any atom is 0.160 e. The van der Waals surface area contributed by atoms with Gasteiger partial charge in [-0.15, -0.1) is 0 Å². The van der Waals surface area contributed by atoms with Crippen molar-refractivity contribution in [1.29, 1.82) is 0 Å². The fraction of sp³-hybridized carbons (Fsp3) is 0.588.